The molecule has 0 bridgehead atoms. The molecule has 2 heterocycles. The molecule has 1 aliphatic heterocycles. The van der Waals surface area contributed by atoms with Gasteiger partial charge < -0.3 is 16.0 Å². The summed E-state index contributed by atoms with van der Waals surface area (Å²) in [5, 5.41) is 2.85. The minimum Gasteiger partial charge on any atom is -0.341 e. The second-order valence-corrected chi connectivity index (χ2v) is 6.20. The minimum absolute atomic E-state index is 0.00547. The fraction of sp³-hybridized carbons (Fsp3) is 0.588. The highest BCUT2D eigenvalue weighted by molar-refractivity contribution is 5.92. The Bertz CT molecular complexity index is 536. The molecule has 126 valence electrons. The molecule has 1 aliphatic rings. The highest BCUT2D eigenvalue weighted by Crippen LogP contribution is 2.20. The van der Waals surface area contributed by atoms with E-state index in [1.54, 1.807) is 17.2 Å². The van der Waals surface area contributed by atoms with Crippen molar-refractivity contribution in [2.75, 3.05) is 18.4 Å². The molecule has 1 aromatic heterocycles. The van der Waals surface area contributed by atoms with Gasteiger partial charge in [-0.3, -0.25) is 9.59 Å². The van der Waals surface area contributed by atoms with E-state index >= 15 is 0 Å². The lowest BCUT2D eigenvalue weighted by Gasteiger charge is -2.32. The van der Waals surface area contributed by atoms with Crippen LogP contribution in [0.15, 0.2) is 18.3 Å². The first-order valence-electron chi connectivity index (χ1n) is 8.29. The number of pyridine rings is 1. The van der Waals surface area contributed by atoms with E-state index in [1.165, 1.54) is 0 Å². The number of piperidine rings is 1. The van der Waals surface area contributed by atoms with E-state index < -0.39 is 6.04 Å². The van der Waals surface area contributed by atoms with Crippen LogP contribution in [-0.4, -0.2) is 40.8 Å². The maximum Gasteiger partial charge on any atom is 0.239 e. The van der Waals surface area contributed by atoms with E-state index in [0.29, 0.717) is 38.2 Å². The molecule has 0 saturated carbocycles. The zero-order valence-corrected chi connectivity index (χ0v) is 13.9. The average Bonchev–Trinajstić information content (AvgIpc) is 2.56. The third-order valence-electron chi connectivity index (χ3n) is 4.26. The SMILES string of the molecule is CCCC(N)C(=O)N1CCC(C(=O)Nc2ccc(C)cn2)CC1. The van der Waals surface area contributed by atoms with Crippen LogP contribution in [0.2, 0.25) is 0 Å². The summed E-state index contributed by atoms with van der Waals surface area (Å²) < 4.78 is 0. The molecule has 3 N–H and O–H groups in total. The number of carbonyl (C=O) groups is 2. The molecule has 0 radical (unpaired) electrons. The monoisotopic (exact) mass is 318 g/mol. The first-order valence-corrected chi connectivity index (χ1v) is 8.29. The average molecular weight is 318 g/mol. The summed E-state index contributed by atoms with van der Waals surface area (Å²) in [5.74, 6) is 0.478. The molecule has 1 fully saturated rings. The molecule has 2 amide bonds. The van der Waals surface area contributed by atoms with Crippen molar-refractivity contribution in [3.63, 3.8) is 0 Å². The number of hydrogen-bond donors (Lipinski definition) is 2. The van der Waals surface area contributed by atoms with Crippen LogP contribution in [0.1, 0.15) is 38.2 Å². The van der Waals surface area contributed by atoms with Crippen molar-refractivity contribution in [2.45, 2.75) is 45.6 Å². The summed E-state index contributed by atoms with van der Waals surface area (Å²) in [6, 6.07) is 3.30. The second-order valence-electron chi connectivity index (χ2n) is 6.20. The fourth-order valence-corrected chi connectivity index (χ4v) is 2.80. The van der Waals surface area contributed by atoms with Crippen molar-refractivity contribution in [2.24, 2.45) is 11.7 Å². The number of carbonyl (C=O) groups excluding carboxylic acids is 2. The van der Waals surface area contributed by atoms with Gasteiger partial charge in [0.2, 0.25) is 11.8 Å². The van der Waals surface area contributed by atoms with Crippen LogP contribution >= 0.6 is 0 Å². The van der Waals surface area contributed by atoms with E-state index in [9.17, 15) is 9.59 Å². The van der Waals surface area contributed by atoms with Gasteiger partial charge in [-0.2, -0.15) is 0 Å². The molecule has 1 unspecified atom stereocenters. The predicted molar refractivity (Wildman–Crippen MR) is 89.8 cm³/mol. The quantitative estimate of drug-likeness (QED) is 0.865. The van der Waals surface area contributed by atoms with E-state index in [-0.39, 0.29) is 17.7 Å². The number of anilines is 1. The van der Waals surface area contributed by atoms with Crippen molar-refractivity contribution < 1.29 is 9.59 Å². The molecule has 2 rings (SSSR count). The van der Waals surface area contributed by atoms with Crippen LogP contribution in [0.4, 0.5) is 5.82 Å². The lowest BCUT2D eigenvalue weighted by molar-refractivity contribution is -0.135. The van der Waals surface area contributed by atoms with Gasteiger partial charge in [0.25, 0.3) is 0 Å². The van der Waals surface area contributed by atoms with Gasteiger partial charge in [0, 0.05) is 25.2 Å². The summed E-state index contributed by atoms with van der Waals surface area (Å²) in [7, 11) is 0. The van der Waals surface area contributed by atoms with Crippen molar-refractivity contribution in [3.8, 4) is 0 Å². The highest BCUT2D eigenvalue weighted by Gasteiger charge is 2.29. The molecule has 1 atom stereocenters. The fourth-order valence-electron chi connectivity index (χ4n) is 2.80. The van der Waals surface area contributed by atoms with Gasteiger partial charge in [-0.1, -0.05) is 19.4 Å². The molecule has 0 aromatic carbocycles. The first-order chi connectivity index (χ1) is 11.0. The van der Waals surface area contributed by atoms with E-state index in [0.717, 1.165) is 12.0 Å². The standard InChI is InChI=1S/C17H26N4O2/c1-3-4-14(18)17(23)21-9-7-13(8-10-21)16(22)20-15-6-5-12(2)11-19-15/h5-6,11,13-14H,3-4,7-10,18H2,1-2H3,(H,19,20,22). The van der Waals surface area contributed by atoms with Crippen LogP contribution in [0, 0.1) is 12.8 Å². The zero-order valence-electron chi connectivity index (χ0n) is 13.9. The lowest BCUT2D eigenvalue weighted by Crippen LogP contribution is -2.48. The zero-order chi connectivity index (χ0) is 16.8. The maximum absolute atomic E-state index is 12.3. The number of rotatable bonds is 5. The van der Waals surface area contributed by atoms with Crippen LogP contribution < -0.4 is 11.1 Å². The largest absolute Gasteiger partial charge is 0.341 e. The van der Waals surface area contributed by atoms with Crippen LogP contribution in [0.3, 0.4) is 0 Å². The maximum atomic E-state index is 12.3. The third kappa shape index (κ3) is 4.76. The highest BCUT2D eigenvalue weighted by atomic mass is 16.2. The summed E-state index contributed by atoms with van der Waals surface area (Å²) in [4.78, 5) is 30.4. The van der Waals surface area contributed by atoms with E-state index in [4.69, 9.17) is 5.73 Å². The minimum atomic E-state index is -0.415. The van der Waals surface area contributed by atoms with Crippen LogP contribution in [0.5, 0.6) is 0 Å². The molecule has 1 aromatic rings. The molecule has 6 nitrogen and oxygen atoms in total. The number of hydrogen-bond acceptors (Lipinski definition) is 4. The Morgan fingerprint density at radius 1 is 1.39 bits per heavy atom. The van der Waals surface area contributed by atoms with Crippen molar-refractivity contribution in [3.05, 3.63) is 23.9 Å². The molecular weight excluding hydrogens is 292 g/mol. The number of aromatic nitrogens is 1. The number of nitrogens with zero attached hydrogens (tertiary/aromatic N) is 2. The van der Waals surface area contributed by atoms with Gasteiger partial charge in [0.05, 0.1) is 6.04 Å². The Kier molecular flexibility index (Phi) is 6.10. The number of likely N-dealkylation sites (tertiary alicyclic amines) is 1. The van der Waals surface area contributed by atoms with Gasteiger partial charge in [0.15, 0.2) is 0 Å². The van der Waals surface area contributed by atoms with Gasteiger partial charge in [-0.25, -0.2) is 4.98 Å². The Morgan fingerprint density at radius 2 is 2.09 bits per heavy atom. The van der Waals surface area contributed by atoms with Gasteiger partial charge in [-0.05, 0) is 37.8 Å². The second kappa shape index (κ2) is 8.06. The summed E-state index contributed by atoms with van der Waals surface area (Å²) >= 11 is 0. The van der Waals surface area contributed by atoms with E-state index in [2.05, 4.69) is 10.3 Å². The third-order valence-corrected chi connectivity index (χ3v) is 4.26. The van der Waals surface area contributed by atoms with Gasteiger partial charge >= 0.3 is 0 Å². The number of nitrogens with one attached hydrogen (secondary N) is 1. The van der Waals surface area contributed by atoms with E-state index in [1.807, 2.05) is 19.9 Å². The molecule has 0 aliphatic carbocycles. The summed E-state index contributed by atoms with van der Waals surface area (Å²) in [6.07, 6.45) is 4.67. The molecular formula is C17H26N4O2. The van der Waals surface area contributed by atoms with Crippen LogP contribution in [0.25, 0.3) is 0 Å². The number of amides is 2. The first kappa shape index (κ1) is 17.4. The Labute approximate surface area is 137 Å². The van der Waals surface area contributed by atoms with Crippen molar-refractivity contribution in [1.82, 2.24) is 9.88 Å². The number of nitrogens with two attached hydrogens (primary N) is 1. The summed E-state index contributed by atoms with van der Waals surface area (Å²) in [5.41, 5.74) is 6.94. The molecule has 23 heavy (non-hydrogen) atoms. The summed E-state index contributed by atoms with van der Waals surface area (Å²) in [6.45, 7) is 5.16. The smallest absolute Gasteiger partial charge is 0.239 e. The van der Waals surface area contributed by atoms with Crippen molar-refractivity contribution in [1.29, 1.82) is 0 Å². The molecule has 1 saturated heterocycles. The van der Waals surface area contributed by atoms with Gasteiger partial charge in [-0.15, -0.1) is 0 Å². The number of aryl methyl sites for hydroxylation is 1. The Balaban J connectivity index is 1.82. The van der Waals surface area contributed by atoms with Crippen LogP contribution in [-0.2, 0) is 9.59 Å². The molecule has 6 heteroatoms. The normalized spacial score (nSPS) is 16.9. The topological polar surface area (TPSA) is 88.3 Å². The Morgan fingerprint density at radius 3 is 2.65 bits per heavy atom. The lowest BCUT2D eigenvalue weighted by atomic mass is 9.95. The Hall–Kier alpha value is -1.95. The predicted octanol–water partition coefficient (Wildman–Crippen LogP) is 1.69. The van der Waals surface area contributed by atoms with Gasteiger partial charge in [0.1, 0.15) is 5.82 Å². The molecule has 0 spiro atoms. The van der Waals surface area contributed by atoms with Crippen molar-refractivity contribution >= 4 is 17.6 Å².